The van der Waals surface area contributed by atoms with Gasteiger partial charge in [-0.3, -0.25) is 14.9 Å². The summed E-state index contributed by atoms with van der Waals surface area (Å²) in [6.07, 6.45) is 1.22. The maximum absolute atomic E-state index is 13.0. The van der Waals surface area contributed by atoms with E-state index in [0.717, 1.165) is 0 Å². The van der Waals surface area contributed by atoms with Gasteiger partial charge in [0.15, 0.2) is 11.5 Å². The fourth-order valence-electron chi connectivity index (χ4n) is 2.91. The van der Waals surface area contributed by atoms with Crippen LogP contribution in [0.2, 0.25) is 0 Å². The molecule has 8 nitrogen and oxygen atoms in total. The summed E-state index contributed by atoms with van der Waals surface area (Å²) >= 11 is 0. The molecular weight excluding hydrogens is 386 g/mol. The Hall–Kier alpha value is -4.33. The molecule has 3 aromatic carbocycles. The van der Waals surface area contributed by atoms with Gasteiger partial charge in [0.1, 0.15) is 5.71 Å². The van der Waals surface area contributed by atoms with Crippen molar-refractivity contribution >= 4 is 23.4 Å². The van der Waals surface area contributed by atoms with Crippen LogP contribution in [0.5, 0.6) is 11.5 Å². The highest BCUT2D eigenvalue weighted by Crippen LogP contribution is 2.37. The topological polar surface area (TPSA) is 103 Å². The second kappa shape index (κ2) is 8.36. The maximum Gasteiger partial charge on any atom is 0.282 e. The number of nitro benzene ring substituents is 1. The summed E-state index contributed by atoms with van der Waals surface area (Å²) in [7, 11) is 0. The van der Waals surface area contributed by atoms with Crippen LogP contribution in [0.4, 0.5) is 5.69 Å². The SMILES string of the molecule is O=C(C(=NN=Cc1cc2c(cc1[N+](=O)[O-])OCO2)c1ccccc1)c1ccccc1. The van der Waals surface area contributed by atoms with Crippen molar-refractivity contribution in [2.24, 2.45) is 10.2 Å². The number of rotatable bonds is 6. The van der Waals surface area contributed by atoms with Gasteiger partial charge in [-0.2, -0.15) is 5.10 Å². The van der Waals surface area contributed by atoms with E-state index in [1.54, 1.807) is 48.5 Å². The molecule has 0 bridgehead atoms. The molecule has 30 heavy (non-hydrogen) atoms. The second-order valence-corrected chi connectivity index (χ2v) is 6.28. The number of carbonyl (C=O) groups is 1. The van der Waals surface area contributed by atoms with Gasteiger partial charge >= 0.3 is 0 Å². The smallest absolute Gasteiger partial charge is 0.282 e. The molecule has 0 amide bonds. The first-order valence-corrected chi connectivity index (χ1v) is 8.98. The van der Waals surface area contributed by atoms with E-state index in [4.69, 9.17) is 9.47 Å². The molecular formula is C22H15N3O5. The lowest BCUT2D eigenvalue weighted by Gasteiger charge is -2.04. The molecule has 148 valence electrons. The Balaban J connectivity index is 1.72. The third-order valence-corrected chi connectivity index (χ3v) is 4.37. The molecule has 0 N–H and O–H groups in total. The number of hydrogen-bond donors (Lipinski definition) is 0. The van der Waals surface area contributed by atoms with E-state index in [2.05, 4.69) is 10.2 Å². The van der Waals surface area contributed by atoms with E-state index in [1.165, 1.54) is 18.3 Å². The summed E-state index contributed by atoms with van der Waals surface area (Å²) in [6, 6.07) is 20.3. The highest BCUT2D eigenvalue weighted by atomic mass is 16.7. The highest BCUT2D eigenvalue weighted by Gasteiger charge is 2.22. The first-order chi connectivity index (χ1) is 14.6. The predicted octanol–water partition coefficient (Wildman–Crippen LogP) is 4.03. The molecule has 1 aliphatic heterocycles. The Labute approximate surface area is 171 Å². The Bertz CT molecular complexity index is 1160. The van der Waals surface area contributed by atoms with E-state index >= 15 is 0 Å². The van der Waals surface area contributed by atoms with Gasteiger partial charge in [0.25, 0.3) is 5.69 Å². The van der Waals surface area contributed by atoms with Gasteiger partial charge in [0.05, 0.1) is 22.8 Å². The molecule has 0 atom stereocenters. The lowest BCUT2D eigenvalue weighted by Crippen LogP contribution is -2.15. The molecule has 1 aliphatic rings. The minimum Gasteiger partial charge on any atom is -0.454 e. The first-order valence-electron chi connectivity index (χ1n) is 8.98. The van der Waals surface area contributed by atoms with Gasteiger partial charge in [0, 0.05) is 11.1 Å². The van der Waals surface area contributed by atoms with Crippen LogP contribution in [-0.4, -0.2) is 29.4 Å². The van der Waals surface area contributed by atoms with Crippen molar-refractivity contribution in [3.8, 4) is 11.5 Å². The summed E-state index contributed by atoms with van der Waals surface area (Å²) in [6.45, 7) is -0.00499. The maximum atomic E-state index is 13.0. The average Bonchev–Trinajstić information content (AvgIpc) is 3.24. The van der Waals surface area contributed by atoms with Crippen LogP contribution >= 0.6 is 0 Å². The second-order valence-electron chi connectivity index (χ2n) is 6.28. The summed E-state index contributed by atoms with van der Waals surface area (Å²) in [4.78, 5) is 23.8. The van der Waals surface area contributed by atoms with Crippen LogP contribution in [0.1, 0.15) is 21.5 Å². The van der Waals surface area contributed by atoms with Gasteiger partial charge in [-0.1, -0.05) is 60.7 Å². The van der Waals surface area contributed by atoms with Crippen LogP contribution in [0.15, 0.2) is 83.0 Å². The number of nitrogens with zero attached hydrogens (tertiary/aromatic N) is 3. The van der Waals surface area contributed by atoms with Crippen LogP contribution in [0, 0.1) is 10.1 Å². The molecule has 0 unspecified atom stereocenters. The lowest BCUT2D eigenvalue weighted by atomic mass is 10.0. The fourth-order valence-corrected chi connectivity index (χ4v) is 2.91. The standard InChI is InChI=1S/C22H15N3O5/c26-22(16-9-5-2-6-10-16)21(15-7-3-1-4-8-15)24-23-13-17-11-19-20(30-14-29-19)12-18(17)25(27)28/h1-13H,14H2. The van der Waals surface area contributed by atoms with Crippen molar-refractivity contribution in [3.63, 3.8) is 0 Å². The van der Waals surface area contributed by atoms with E-state index in [-0.39, 0.29) is 29.5 Å². The minimum absolute atomic E-state index is 0.00499. The van der Waals surface area contributed by atoms with Gasteiger partial charge < -0.3 is 9.47 Å². The minimum atomic E-state index is -0.541. The molecule has 0 saturated heterocycles. The largest absolute Gasteiger partial charge is 0.454 e. The molecule has 0 radical (unpaired) electrons. The zero-order chi connectivity index (χ0) is 20.9. The van der Waals surface area contributed by atoms with E-state index in [9.17, 15) is 14.9 Å². The summed E-state index contributed by atoms with van der Waals surface area (Å²) < 4.78 is 10.5. The number of ketones is 1. The molecule has 3 aromatic rings. The quantitative estimate of drug-likeness (QED) is 0.268. The fraction of sp³-hybridized carbons (Fsp3) is 0.0455. The monoisotopic (exact) mass is 401 g/mol. The molecule has 0 saturated carbocycles. The molecule has 0 fully saturated rings. The molecule has 8 heteroatoms. The van der Waals surface area contributed by atoms with Crippen molar-refractivity contribution in [2.75, 3.05) is 6.79 Å². The third-order valence-electron chi connectivity index (χ3n) is 4.37. The van der Waals surface area contributed by atoms with Crippen molar-refractivity contribution in [1.29, 1.82) is 0 Å². The Morgan fingerprint density at radius 2 is 1.53 bits per heavy atom. The van der Waals surface area contributed by atoms with Crippen molar-refractivity contribution in [2.45, 2.75) is 0 Å². The number of carbonyl (C=O) groups excluding carboxylic acids is 1. The summed E-state index contributed by atoms with van der Waals surface area (Å²) in [5.74, 6) is 0.375. The Morgan fingerprint density at radius 3 is 2.17 bits per heavy atom. The Morgan fingerprint density at radius 1 is 0.933 bits per heavy atom. The zero-order valence-electron chi connectivity index (χ0n) is 15.6. The van der Waals surface area contributed by atoms with Gasteiger partial charge in [-0.15, -0.1) is 5.10 Å². The van der Waals surface area contributed by atoms with Crippen LogP contribution < -0.4 is 9.47 Å². The number of hydrogen-bond acceptors (Lipinski definition) is 7. The Kier molecular flexibility index (Phi) is 5.29. The van der Waals surface area contributed by atoms with Crippen LogP contribution in [0.25, 0.3) is 0 Å². The molecule has 0 aromatic heterocycles. The van der Waals surface area contributed by atoms with E-state index in [1.807, 2.05) is 12.1 Å². The van der Waals surface area contributed by atoms with Crippen LogP contribution in [0.3, 0.4) is 0 Å². The van der Waals surface area contributed by atoms with Gasteiger partial charge in [0.2, 0.25) is 12.6 Å². The van der Waals surface area contributed by atoms with E-state index < -0.39 is 4.92 Å². The van der Waals surface area contributed by atoms with Crippen molar-refractivity contribution < 1.29 is 19.2 Å². The predicted molar refractivity (Wildman–Crippen MR) is 111 cm³/mol. The number of benzene rings is 3. The third kappa shape index (κ3) is 3.93. The summed E-state index contributed by atoms with van der Waals surface area (Å²) in [5.41, 5.74) is 1.16. The first kappa shape index (κ1) is 19.0. The van der Waals surface area contributed by atoms with Crippen molar-refractivity contribution in [3.05, 3.63) is 99.6 Å². The number of nitro groups is 1. The lowest BCUT2D eigenvalue weighted by molar-refractivity contribution is -0.385. The molecule has 4 rings (SSSR count). The van der Waals surface area contributed by atoms with E-state index in [0.29, 0.717) is 22.6 Å². The number of Topliss-reactive ketones (excluding diaryl/α,β-unsaturated/α-hetero) is 1. The molecule has 0 aliphatic carbocycles. The summed E-state index contributed by atoms with van der Waals surface area (Å²) in [5, 5.41) is 19.5. The van der Waals surface area contributed by atoms with Crippen LogP contribution in [-0.2, 0) is 0 Å². The normalized spacial score (nSPS) is 12.9. The zero-order valence-corrected chi connectivity index (χ0v) is 15.6. The highest BCUT2D eigenvalue weighted by molar-refractivity contribution is 6.51. The average molecular weight is 401 g/mol. The molecule has 1 heterocycles. The number of ether oxygens (including phenoxy) is 2. The van der Waals surface area contributed by atoms with Gasteiger partial charge in [-0.05, 0) is 6.07 Å². The molecule has 0 spiro atoms. The van der Waals surface area contributed by atoms with Crippen molar-refractivity contribution in [1.82, 2.24) is 0 Å². The number of fused-ring (bicyclic) bond motifs is 1. The van der Waals surface area contributed by atoms with Gasteiger partial charge in [-0.25, -0.2) is 0 Å².